The van der Waals surface area contributed by atoms with Crippen LogP contribution < -0.4 is 0 Å². The molecule has 25 heavy (non-hydrogen) atoms. The van der Waals surface area contributed by atoms with Gasteiger partial charge in [-0.1, -0.05) is 23.4 Å². The van der Waals surface area contributed by atoms with Crippen molar-refractivity contribution in [3.8, 4) is 0 Å². The average molecular weight is 340 g/mol. The Hall–Kier alpha value is -2.67. The third-order valence-corrected chi connectivity index (χ3v) is 4.63. The summed E-state index contributed by atoms with van der Waals surface area (Å²) in [7, 11) is 0. The van der Waals surface area contributed by atoms with Crippen LogP contribution in [0.15, 0.2) is 33.2 Å². The first-order valence-electron chi connectivity index (χ1n) is 8.41. The van der Waals surface area contributed by atoms with E-state index in [9.17, 15) is 4.79 Å². The third kappa shape index (κ3) is 3.02. The van der Waals surface area contributed by atoms with Crippen LogP contribution in [0.2, 0.25) is 0 Å². The minimum absolute atomic E-state index is 0.0382. The third-order valence-electron chi connectivity index (χ3n) is 4.63. The Labute approximate surface area is 145 Å². The Morgan fingerprint density at radius 1 is 1.16 bits per heavy atom. The summed E-state index contributed by atoms with van der Waals surface area (Å²) in [6, 6.07) is 7.75. The van der Waals surface area contributed by atoms with Crippen molar-refractivity contribution >= 4 is 16.9 Å². The lowest BCUT2D eigenvalue weighted by atomic mass is 10.1. The van der Waals surface area contributed by atoms with Gasteiger partial charge in [-0.3, -0.25) is 9.69 Å². The van der Waals surface area contributed by atoms with Gasteiger partial charge in [0.25, 0.3) is 5.91 Å². The highest BCUT2D eigenvalue weighted by molar-refractivity contribution is 5.98. The Morgan fingerprint density at radius 3 is 2.60 bits per heavy atom. The molecule has 1 aliphatic rings. The molecule has 0 radical (unpaired) electrons. The maximum absolute atomic E-state index is 12.8. The first-order valence-corrected chi connectivity index (χ1v) is 8.41. The normalized spacial score (nSPS) is 15.8. The molecule has 1 amide bonds. The van der Waals surface area contributed by atoms with Gasteiger partial charge in [0, 0.05) is 44.1 Å². The standard InChI is InChI=1S/C18H20N4O3/c1-12-14-5-3-4-6-15(14)24-17(12)18(23)22-9-7-21(8-10-22)11-16-19-13(2)25-20-16/h3-6H,7-11H2,1-2H3. The SMILES string of the molecule is Cc1nc(CN2CCN(C(=O)c3oc4ccccc4c3C)CC2)no1. The minimum Gasteiger partial charge on any atom is -0.451 e. The number of hydrogen-bond donors (Lipinski definition) is 0. The molecule has 1 aliphatic heterocycles. The van der Waals surface area contributed by atoms with Crippen molar-refractivity contribution in [1.29, 1.82) is 0 Å². The first kappa shape index (κ1) is 15.8. The summed E-state index contributed by atoms with van der Waals surface area (Å²) in [6.45, 7) is 7.23. The van der Waals surface area contributed by atoms with Gasteiger partial charge in [0.2, 0.25) is 5.89 Å². The van der Waals surface area contributed by atoms with Gasteiger partial charge < -0.3 is 13.8 Å². The molecule has 2 aromatic heterocycles. The van der Waals surface area contributed by atoms with Crippen LogP contribution in [0.5, 0.6) is 0 Å². The van der Waals surface area contributed by atoms with Gasteiger partial charge in [0.05, 0.1) is 6.54 Å². The molecule has 0 atom stereocenters. The Bertz CT molecular complexity index is 906. The lowest BCUT2D eigenvalue weighted by Crippen LogP contribution is -2.48. The molecule has 1 saturated heterocycles. The zero-order valence-electron chi connectivity index (χ0n) is 14.4. The number of benzene rings is 1. The highest BCUT2D eigenvalue weighted by atomic mass is 16.5. The second-order valence-corrected chi connectivity index (χ2v) is 6.35. The van der Waals surface area contributed by atoms with Crippen LogP contribution in [0, 0.1) is 13.8 Å². The Morgan fingerprint density at radius 2 is 1.92 bits per heavy atom. The number of carbonyl (C=O) groups is 1. The van der Waals surface area contributed by atoms with Gasteiger partial charge in [-0.25, -0.2) is 0 Å². The number of piperazine rings is 1. The Kier molecular flexibility index (Phi) is 4.01. The molecule has 1 aromatic carbocycles. The lowest BCUT2D eigenvalue weighted by molar-refractivity contribution is 0.0595. The van der Waals surface area contributed by atoms with Crippen molar-refractivity contribution in [2.45, 2.75) is 20.4 Å². The van der Waals surface area contributed by atoms with E-state index in [0.29, 0.717) is 37.1 Å². The van der Waals surface area contributed by atoms with E-state index in [1.54, 1.807) is 6.92 Å². The number of fused-ring (bicyclic) bond motifs is 1. The van der Waals surface area contributed by atoms with Gasteiger partial charge in [-0.05, 0) is 13.0 Å². The summed E-state index contributed by atoms with van der Waals surface area (Å²) in [5.41, 5.74) is 1.67. The molecule has 1 fully saturated rings. The van der Waals surface area contributed by atoms with E-state index in [4.69, 9.17) is 8.94 Å². The molecular formula is C18H20N4O3. The largest absolute Gasteiger partial charge is 0.451 e. The van der Waals surface area contributed by atoms with Crippen LogP contribution in [0.3, 0.4) is 0 Å². The summed E-state index contributed by atoms with van der Waals surface area (Å²) < 4.78 is 10.8. The average Bonchev–Trinajstić information content (AvgIpc) is 3.19. The molecular weight excluding hydrogens is 320 g/mol. The molecule has 7 heteroatoms. The van der Waals surface area contributed by atoms with Crippen molar-refractivity contribution < 1.29 is 13.7 Å². The lowest BCUT2D eigenvalue weighted by Gasteiger charge is -2.33. The van der Waals surface area contributed by atoms with Gasteiger partial charge in [-0.2, -0.15) is 4.98 Å². The van der Waals surface area contributed by atoms with E-state index in [1.165, 1.54) is 0 Å². The van der Waals surface area contributed by atoms with Crippen LogP contribution in [0.1, 0.15) is 27.8 Å². The van der Waals surface area contributed by atoms with E-state index >= 15 is 0 Å². The molecule has 0 N–H and O–H groups in total. The Balaban J connectivity index is 1.43. The number of hydrogen-bond acceptors (Lipinski definition) is 6. The van der Waals surface area contributed by atoms with Crippen molar-refractivity contribution in [2.24, 2.45) is 0 Å². The number of aryl methyl sites for hydroxylation is 2. The van der Waals surface area contributed by atoms with Crippen LogP contribution in [-0.2, 0) is 6.54 Å². The van der Waals surface area contributed by atoms with E-state index in [2.05, 4.69) is 15.0 Å². The van der Waals surface area contributed by atoms with Crippen molar-refractivity contribution in [3.05, 3.63) is 47.3 Å². The van der Waals surface area contributed by atoms with Crippen LogP contribution in [0.25, 0.3) is 11.0 Å². The molecule has 7 nitrogen and oxygen atoms in total. The highest BCUT2D eigenvalue weighted by Crippen LogP contribution is 2.26. The first-order chi connectivity index (χ1) is 12.1. The minimum atomic E-state index is -0.0382. The summed E-state index contributed by atoms with van der Waals surface area (Å²) in [5.74, 6) is 1.67. The van der Waals surface area contributed by atoms with Crippen molar-refractivity contribution in [1.82, 2.24) is 19.9 Å². The molecule has 3 heterocycles. The van der Waals surface area contributed by atoms with E-state index in [-0.39, 0.29) is 5.91 Å². The van der Waals surface area contributed by atoms with E-state index in [1.807, 2.05) is 36.1 Å². The van der Waals surface area contributed by atoms with Crippen molar-refractivity contribution in [3.63, 3.8) is 0 Å². The fraction of sp³-hybridized carbons (Fsp3) is 0.389. The number of nitrogens with zero attached hydrogens (tertiary/aromatic N) is 4. The van der Waals surface area contributed by atoms with E-state index in [0.717, 1.165) is 29.6 Å². The molecule has 0 saturated carbocycles. The van der Waals surface area contributed by atoms with Crippen LogP contribution >= 0.6 is 0 Å². The number of amides is 1. The van der Waals surface area contributed by atoms with Crippen LogP contribution in [-0.4, -0.2) is 52.0 Å². The highest BCUT2D eigenvalue weighted by Gasteiger charge is 2.27. The number of aromatic nitrogens is 2. The topological polar surface area (TPSA) is 75.6 Å². The maximum atomic E-state index is 12.8. The molecule has 0 spiro atoms. The summed E-state index contributed by atoms with van der Waals surface area (Å²) in [5, 5.41) is 4.92. The van der Waals surface area contributed by atoms with Gasteiger partial charge in [0.15, 0.2) is 11.6 Å². The number of para-hydroxylation sites is 1. The van der Waals surface area contributed by atoms with Crippen LogP contribution in [0.4, 0.5) is 0 Å². The van der Waals surface area contributed by atoms with Gasteiger partial charge in [0.1, 0.15) is 5.58 Å². The smallest absolute Gasteiger partial charge is 0.289 e. The van der Waals surface area contributed by atoms with Gasteiger partial charge in [-0.15, -0.1) is 0 Å². The second-order valence-electron chi connectivity index (χ2n) is 6.35. The predicted molar refractivity (Wildman–Crippen MR) is 91.2 cm³/mol. The summed E-state index contributed by atoms with van der Waals surface area (Å²) >= 11 is 0. The predicted octanol–water partition coefficient (Wildman–Crippen LogP) is 2.39. The zero-order valence-corrected chi connectivity index (χ0v) is 14.4. The number of furan rings is 1. The molecule has 130 valence electrons. The second kappa shape index (κ2) is 6.33. The molecule has 4 rings (SSSR count). The molecule has 3 aromatic rings. The summed E-state index contributed by atoms with van der Waals surface area (Å²) in [6.07, 6.45) is 0. The molecule has 0 aliphatic carbocycles. The monoisotopic (exact) mass is 340 g/mol. The van der Waals surface area contributed by atoms with E-state index < -0.39 is 0 Å². The number of rotatable bonds is 3. The quantitative estimate of drug-likeness (QED) is 0.729. The molecule has 0 bridgehead atoms. The number of carbonyl (C=O) groups excluding carboxylic acids is 1. The van der Waals surface area contributed by atoms with Gasteiger partial charge >= 0.3 is 0 Å². The zero-order chi connectivity index (χ0) is 17.4. The maximum Gasteiger partial charge on any atom is 0.289 e. The fourth-order valence-corrected chi connectivity index (χ4v) is 3.24. The fourth-order valence-electron chi connectivity index (χ4n) is 3.24. The summed E-state index contributed by atoms with van der Waals surface area (Å²) in [4.78, 5) is 21.1. The van der Waals surface area contributed by atoms with Crippen molar-refractivity contribution in [2.75, 3.05) is 26.2 Å². The molecule has 0 unspecified atom stereocenters.